The molecule has 0 N–H and O–H groups in total. The van der Waals surface area contributed by atoms with Gasteiger partial charge in [-0.2, -0.15) is 0 Å². The number of carbonyl (C=O) groups is 2. The van der Waals surface area contributed by atoms with Gasteiger partial charge in [-0.15, -0.1) is 11.8 Å². The molecule has 2 aromatic rings. The average Bonchev–Trinajstić information content (AvgIpc) is 2.87. The van der Waals surface area contributed by atoms with E-state index in [1.54, 1.807) is 31.4 Å². The van der Waals surface area contributed by atoms with Crippen LogP contribution in [0, 0.1) is 0 Å². The van der Waals surface area contributed by atoms with Gasteiger partial charge in [0.15, 0.2) is 0 Å². The van der Waals surface area contributed by atoms with Crippen LogP contribution in [0.3, 0.4) is 0 Å². The molecule has 1 heterocycles. The van der Waals surface area contributed by atoms with Crippen molar-refractivity contribution in [1.29, 1.82) is 0 Å². The van der Waals surface area contributed by atoms with Crippen LogP contribution in [-0.4, -0.2) is 29.1 Å². The maximum Gasteiger partial charge on any atom is 0.268 e. The summed E-state index contributed by atoms with van der Waals surface area (Å²) in [5, 5.41) is 0.798. The molecule has 0 aliphatic carbocycles. The first-order valence-corrected chi connectivity index (χ1v) is 9.82. The summed E-state index contributed by atoms with van der Waals surface area (Å²) >= 11 is 7.34. The van der Waals surface area contributed by atoms with Crippen molar-refractivity contribution in [3.8, 4) is 5.75 Å². The molecule has 0 fully saturated rings. The summed E-state index contributed by atoms with van der Waals surface area (Å²) in [6.45, 7) is 4.22. The molecular formula is C21H20ClNO3S. The highest BCUT2D eigenvalue weighted by Gasteiger charge is 2.39. The summed E-state index contributed by atoms with van der Waals surface area (Å²) in [4.78, 5) is 27.9. The Bertz CT molecular complexity index is 889. The molecule has 0 bridgehead atoms. The van der Waals surface area contributed by atoms with Gasteiger partial charge in [0.1, 0.15) is 5.75 Å². The fourth-order valence-electron chi connectivity index (χ4n) is 2.83. The molecule has 140 valence electrons. The van der Waals surface area contributed by atoms with Gasteiger partial charge >= 0.3 is 0 Å². The molecule has 0 radical (unpaired) electrons. The van der Waals surface area contributed by atoms with Crippen LogP contribution < -0.4 is 4.74 Å². The molecular weight excluding hydrogens is 382 g/mol. The molecule has 2 aromatic carbocycles. The number of ether oxygens (including phenoxy) is 1. The molecule has 0 saturated carbocycles. The molecule has 0 unspecified atom stereocenters. The molecule has 27 heavy (non-hydrogen) atoms. The third-order valence-electron chi connectivity index (χ3n) is 4.11. The molecule has 0 spiro atoms. The van der Waals surface area contributed by atoms with Gasteiger partial charge in [-0.25, -0.2) is 0 Å². The Balaban J connectivity index is 1.96. The molecule has 3 rings (SSSR count). The molecule has 0 aromatic heterocycles. The van der Waals surface area contributed by atoms with Crippen LogP contribution >= 0.6 is 23.4 Å². The Kier molecular flexibility index (Phi) is 5.92. The van der Waals surface area contributed by atoms with Crippen molar-refractivity contribution in [3.05, 3.63) is 69.6 Å². The number of halogens is 1. The van der Waals surface area contributed by atoms with Crippen LogP contribution in [0.5, 0.6) is 5.75 Å². The molecule has 2 amide bonds. The Morgan fingerprint density at radius 3 is 2.19 bits per heavy atom. The highest BCUT2D eigenvalue weighted by atomic mass is 35.5. The lowest BCUT2D eigenvalue weighted by molar-refractivity contribution is -0.137. The highest BCUT2D eigenvalue weighted by Crippen LogP contribution is 2.38. The smallest absolute Gasteiger partial charge is 0.268 e. The van der Waals surface area contributed by atoms with Gasteiger partial charge in [0.2, 0.25) is 0 Å². The summed E-state index contributed by atoms with van der Waals surface area (Å²) < 4.78 is 5.19. The molecule has 1 aliphatic rings. The zero-order chi connectivity index (χ0) is 19.6. The summed E-state index contributed by atoms with van der Waals surface area (Å²) in [6, 6.07) is 14.4. The maximum absolute atomic E-state index is 13.1. The van der Waals surface area contributed by atoms with E-state index in [1.807, 2.05) is 38.1 Å². The monoisotopic (exact) mass is 401 g/mol. The van der Waals surface area contributed by atoms with Crippen molar-refractivity contribution in [2.75, 3.05) is 7.11 Å². The fraction of sp³-hybridized carbons (Fsp3) is 0.238. The van der Waals surface area contributed by atoms with Crippen molar-refractivity contribution in [3.63, 3.8) is 0 Å². The number of thioether (sulfide) groups is 1. The maximum atomic E-state index is 13.1. The number of imide groups is 1. The van der Waals surface area contributed by atoms with E-state index in [1.165, 1.54) is 16.7 Å². The normalized spacial score (nSPS) is 14.5. The first-order chi connectivity index (χ1) is 12.9. The van der Waals surface area contributed by atoms with Crippen LogP contribution in [0.2, 0.25) is 5.02 Å². The fourth-order valence-corrected chi connectivity index (χ4v) is 3.96. The lowest BCUT2D eigenvalue weighted by Gasteiger charge is -2.15. The largest absolute Gasteiger partial charge is 0.497 e. The minimum absolute atomic E-state index is 0.181. The lowest BCUT2D eigenvalue weighted by Crippen LogP contribution is -2.31. The van der Waals surface area contributed by atoms with Gasteiger partial charge in [-0.1, -0.05) is 49.7 Å². The lowest BCUT2D eigenvalue weighted by atomic mass is 10.1. The molecule has 4 nitrogen and oxygen atoms in total. The van der Waals surface area contributed by atoms with E-state index in [9.17, 15) is 9.59 Å². The zero-order valence-corrected chi connectivity index (χ0v) is 16.9. The van der Waals surface area contributed by atoms with E-state index < -0.39 is 0 Å². The van der Waals surface area contributed by atoms with Crippen molar-refractivity contribution >= 4 is 40.8 Å². The minimum Gasteiger partial charge on any atom is -0.497 e. The second-order valence-corrected chi connectivity index (χ2v) is 8.45. The topological polar surface area (TPSA) is 46.6 Å². The van der Waals surface area contributed by atoms with Crippen molar-refractivity contribution < 1.29 is 14.3 Å². The minimum atomic E-state index is -0.275. The Morgan fingerprint density at radius 2 is 1.63 bits per heavy atom. The second kappa shape index (κ2) is 8.19. The summed E-state index contributed by atoms with van der Waals surface area (Å²) in [7, 11) is 1.59. The van der Waals surface area contributed by atoms with Crippen LogP contribution in [0.4, 0.5) is 0 Å². The third-order valence-corrected chi connectivity index (χ3v) is 5.45. The van der Waals surface area contributed by atoms with Gasteiger partial charge < -0.3 is 4.74 Å². The van der Waals surface area contributed by atoms with E-state index in [-0.39, 0.29) is 23.6 Å². The van der Waals surface area contributed by atoms with E-state index in [0.29, 0.717) is 21.3 Å². The van der Waals surface area contributed by atoms with E-state index in [2.05, 4.69) is 0 Å². The Hall–Kier alpha value is -2.24. The van der Waals surface area contributed by atoms with Gasteiger partial charge in [0.05, 0.1) is 24.1 Å². The summed E-state index contributed by atoms with van der Waals surface area (Å²) in [5.74, 6) is 0.176. The molecule has 1 aliphatic heterocycles. The van der Waals surface area contributed by atoms with Gasteiger partial charge in [0.25, 0.3) is 11.8 Å². The summed E-state index contributed by atoms with van der Waals surface area (Å²) in [6.07, 6.45) is 0. The van der Waals surface area contributed by atoms with Crippen molar-refractivity contribution in [1.82, 2.24) is 4.90 Å². The molecule has 6 heteroatoms. The zero-order valence-electron chi connectivity index (χ0n) is 15.4. The molecule has 0 saturated heterocycles. The highest BCUT2D eigenvalue weighted by molar-refractivity contribution is 8.04. The quantitative estimate of drug-likeness (QED) is 0.654. The first kappa shape index (κ1) is 19.5. The second-order valence-electron chi connectivity index (χ2n) is 6.42. The standard InChI is InChI=1S/C21H20ClNO3S/c1-13(2)27-19-18(15-6-10-17(26-3)11-7-15)20(24)23(21(19)25)12-14-4-8-16(22)9-5-14/h4-11,13H,12H2,1-3H3. The number of benzene rings is 2. The number of hydrogen-bond acceptors (Lipinski definition) is 4. The number of hydrogen-bond donors (Lipinski definition) is 0. The first-order valence-electron chi connectivity index (χ1n) is 8.56. The number of rotatable bonds is 6. The van der Waals surface area contributed by atoms with E-state index >= 15 is 0 Å². The number of nitrogens with zero attached hydrogens (tertiary/aromatic N) is 1. The van der Waals surface area contributed by atoms with Gasteiger partial charge in [-0.05, 0) is 35.4 Å². The SMILES string of the molecule is COc1ccc(C2=C(SC(C)C)C(=O)N(Cc3ccc(Cl)cc3)C2=O)cc1. The van der Waals surface area contributed by atoms with Crippen molar-refractivity contribution in [2.24, 2.45) is 0 Å². The van der Waals surface area contributed by atoms with Crippen LogP contribution in [0.25, 0.3) is 5.57 Å². The summed E-state index contributed by atoms with van der Waals surface area (Å²) in [5.41, 5.74) is 2.03. The number of amides is 2. The van der Waals surface area contributed by atoms with E-state index in [0.717, 1.165) is 11.1 Å². The Labute approximate surface area is 168 Å². The predicted molar refractivity (Wildman–Crippen MR) is 110 cm³/mol. The number of methoxy groups -OCH3 is 1. The van der Waals surface area contributed by atoms with Crippen molar-refractivity contribution in [2.45, 2.75) is 25.6 Å². The van der Waals surface area contributed by atoms with E-state index in [4.69, 9.17) is 16.3 Å². The molecule has 0 atom stereocenters. The van der Waals surface area contributed by atoms with Crippen LogP contribution in [-0.2, 0) is 16.1 Å². The third kappa shape index (κ3) is 4.20. The van der Waals surface area contributed by atoms with Gasteiger partial charge in [0, 0.05) is 10.3 Å². The van der Waals surface area contributed by atoms with Crippen LogP contribution in [0.15, 0.2) is 53.4 Å². The number of carbonyl (C=O) groups excluding carboxylic acids is 2. The van der Waals surface area contributed by atoms with Crippen LogP contribution in [0.1, 0.15) is 25.0 Å². The Morgan fingerprint density at radius 1 is 1.00 bits per heavy atom. The van der Waals surface area contributed by atoms with Gasteiger partial charge in [-0.3, -0.25) is 14.5 Å². The average molecular weight is 402 g/mol. The predicted octanol–water partition coefficient (Wildman–Crippen LogP) is 4.77.